The molecule has 0 fully saturated rings. The number of hydrogen-bond donors (Lipinski definition) is 1. The first kappa shape index (κ1) is 19.6. The molecular formula is C22H21NO4S. The first-order valence-electron chi connectivity index (χ1n) is 8.77. The molecule has 3 aromatic carbocycles. The molecule has 0 aromatic heterocycles. The summed E-state index contributed by atoms with van der Waals surface area (Å²) in [5.41, 5.74) is 1.99. The van der Waals surface area contributed by atoms with Crippen molar-refractivity contribution in [1.29, 1.82) is 0 Å². The van der Waals surface area contributed by atoms with Crippen molar-refractivity contribution >= 4 is 15.7 Å². The van der Waals surface area contributed by atoms with E-state index < -0.39 is 15.7 Å². The molecule has 28 heavy (non-hydrogen) atoms. The Morgan fingerprint density at radius 3 is 2.29 bits per heavy atom. The van der Waals surface area contributed by atoms with Crippen LogP contribution in [0.4, 0.5) is 0 Å². The van der Waals surface area contributed by atoms with E-state index in [-0.39, 0.29) is 17.0 Å². The van der Waals surface area contributed by atoms with E-state index in [0.29, 0.717) is 12.4 Å². The Balaban J connectivity index is 1.71. The van der Waals surface area contributed by atoms with Crippen LogP contribution in [0.3, 0.4) is 0 Å². The van der Waals surface area contributed by atoms with Crippen LogP contribution in [-0.2, 0) is 23.0 Å². The number of para-hydroxylation sites is 1. The van der Waals surface area contributed by atoms with Gasteiger partial charge in [-0.1, -0.05) is 60.7 Å². The molecule has 0 radical (unpaired) electrons. The van der Waals surface area contributed by atoms with Gasteiger partial charge in [0.1, 0.15) is 12.4 Å². The second-order valence-corrected chi connectivity index (χ2v) is 8.32. The number of carbonyl (C=O) groups excluding carboxylic acids is 1. The van der Waals surface area contributed by atoms with Crippen molar-refractivity contribution < 1.29 is 17.9 Å². The third-order valence-electron chi connectivity index (χ3n) is 4.18. The summed E-state index contributed by atoms with van der Waals surface area (Å²) in [7, 11) is -3.49. The van der Waals surface area contributed by atoms with Crippen molar-refractivity contribution in [2.24, 2.45) is 0 Å². The van der Waals surface area contributed by atoms with E-state index in [9.17, 15) is 13.2 Å². The van der Waals surface area contributed by atoms with Gasteiger partial charge in [-0.05, 0) is 23.8 Å². The summed E-state index contributed by atoms with van der Waals surface area (Å²) >= 11 is 0. The standard InChI is InChI=1S/C22H21NO4S/c1-28(25,26)21-14-8-6-12-19(21)22(24)23-15-18-11-5-7-13-20(18)27-16-17-9-3-2-4-10-17/h2-14H,15-16H2,1H3,(H,23,24). The maximum atomic E-state index is 12.6. The Kier molecular flexibility index (Phi) is 6.11. The van der Waals surface area contributed by atoms with Gasteiger partial charge in [-0.25, -0.2) is 8.42 Å². The molecule has 0 saturated carbocycles. The van der Waals surface area contributed by atoms with Crippen molar-refractivity contribution in [2.45, 2.75) is 18.0 Å². The lowest BCUT2D eigenvalue weighted by Gasteiger charge is -2.13. The zero-order valence-electron chi connectivity index (χ0n) is 15.5. The maximum Gasteiger partial charge on any atom is 0.252 e. The van der Waals surface area contributed by atoms with Gasteiger partial charge in [0, 0.05) is 18.4 Å². The second kappa shape index (κ2) is 8.71. The predicted molar refractivity (Wildman–Crippen MR) is 108 cm³/mol. The van der Waals surface area contributed by atoms with Gasteiger partial charge in [-0.3, -0.25) is 4.79 Å². The Morgan fingerprint density at radius 1 is 0.893 bits per heavy atom. The molecule has 0 spiro atoms. The minimum Gasteiger partial charge on any atom is -0.489 e. The molecule has 6 heteroatoms. The van der Waals surface area contributed by atoms with Crippen LogP contribution in [0.5, 0.6) is 5.75 Å². The van der Waals surface area contributed by atoms with Crippen LogP contribution in [0.15, 0.2) is 83.8 Å². The van der Waals surface area contributed by atoms with Crippen LogP contribution in [0.1, 0.15) is 21.5 Å². The highest BCUT2D eigenvalue weighted by Crippen LogP contribution is 2.20. The lowest BCUT2D eigenvalue weighted by molar-refractivity contribution is 0.0947. The van der Waals surface area contributed by atoms with Crippen molar-refractivity contribution in [3.8, 4) is 5.75 Å². The number of hydrogen-bond acceptors (Lipinski definition) is 4. The van der Waals surface area contributed by atoms with Crippen LogP contribution in [0.25, 0.3) is 0 Å². The molecular weight excluding hydrogens is 374 g/mol. The molecule has 0 aliphatic heterocycles. The Hall–Kier alpha value is -3.12. The summed E-state index contributed by atoms with van der Waals surface area (Å²) in [6.07, 6.45) is 1.09. The first-order chi connectivity index (χ1) is 13.4. The highest BCUT2D eigenvalue weighted by Gasteiger charge is 2.18. The fourth-order valence-electron chi connectivity index (χ4n) is 2.77. The largest absolute Gasteiger partial charge is 0.489 e. The number of carbonyl (C=O) groups is 1. The molecule has 0 bridgehead atoms. The Bertz CT molecular complexity index is 1060. The quantitative estimate of drug-likeness (QED) is 0.663. The Morgan fingerprint density at radius 2 is 1.54 bits per heavy atom. The van der Waals surface area contributed by atoms with Crippen molar-refractivity contribution in [3.05, 3.63) is 95.6 Å². The minimum atomic E-state index is -3.49. The van der Waals surface area contributed by atoms with Gasteiger partial charge in [0.2, 0.25) is 0 Å². The van der Waals surface area contributed by atoms with E-state index >= 15 is 0 Å². The molecule has 0 aliphatic rings. The van der Waals surface area contributed by atoms with Crippen LogP contribution < -0.4 is 10.1 Å². The topological polar surface area (TPSA) is 72.5 Å². The molecule has 3 rings (SSSR count). The van der Waals surface area contributed by atoms with Gasteiger partial charge in [-0.15, -0.1) is 0 Å². The third kappa shape index (κ3) is 4.98. The predicted octanol–water partition coefficient (Wildman–Crippen LogP) is 3.60. The number of amides is 1. The smallest absolute Gasteiger partial charge is 0.252 e. The second-order valence-electron chi connectivity index (χ2n) is 6.33. The molecule has 1 amide bonds. The van der Waals surface area contributed by atoms with Crippen molar-refractivity contribution in [3.63, 3.8) is 0 Å². The number of sulfone groups is 1. The van der Waals surface area contributed by atoms with Crippen molar-refractivity contribution in [1.82, 2.24) is 5.32 Å². The van der Waals surface area contributed by atoms with Gasteiger partial charge < -0.3 is 10.1 Å². The van der Waals surface area contributed by atoms with E-state index in [4.69, 9.17) is 4.74 Å². The van der Waals surface area contributed by atoms with Crippen LogP contribution in [0, 0.1) is 0 Å². The fourth-order valence-corrected chi connectivity index (χ4v) is 3.66. The molecule has 5 nitrogen and oxygen atoms in total. The molecule has 1 N–H and O–H groups in total. The summed E-state index contributed by atoms with van der Waals surface area (Å²) in [6, 6.07) is 23.4. The highest BCUT2D eigenvalue weighted by molar-refractivity contribution is 7.90. The summed E-state index contributed by atoms with van der Waals surface area (Å²) < 4.78 is 29.7. The van der Waals surface area contributed by atoms with Gasteiger partial charge in [-0.2, -0.15) is 0 Å². The van der Waals surface area contributed by atoms with Crippen LogP contribution in [0.2, 0.25) is 0 Å². The zero-order chi connectivity index (χ0) is 20.0. The van der Waals surface area contributed by atoms with Crippen LogP contribution in [-0.4, -0.2) is 20.6 Å². The number of nitrogens with one attached hydrogen (secondary N) is 1. The maximum absolute atomic E-state index is 12.6. The molecule has 3 aromatic rings. The normalized spacial score (nSPS) is 11.0. The van der Waals surface area contributed by atoms with E-state index in [1.165, 1.54) is 12.1 Å². The van der Waals surface area contributed by atoms with E-state index in [2.05, 4.69) is 5.32 Å². The summed E-state index contributed by atoms with van der Waals surface area (Å²) in [4.78, 5) is 12.6. The zero-order valence-corrected chi connectivity index (χ0v) is 16.3. The molecule has 0 heterocycles. The lowest BCUT2D eigenvalue weighted by Crippen LogP contribution is -2.25. The Labute approximate surface area is 164 Å². The highest BCUT2D eigenvalue weighted by atomic mass is 32.2. The van der Waals surface area contributed by atoms with Gasteiger partial charge in [0.25, 0.3) is 5.91 Å². The van der Waals surface area contributed by atoms with E-state index in [1.54, 1.807) is 12.1 Å². The monoisotopic (exact) mass is 395 g/mol. The average molecular weight is 395 g/mol. The lowest BCUT2D eigenvalue weighted by atomic mass is 10.1. The first-order valence-corrected chi connectivity index (χ1v) is 10.7. The van der Waals surface area contributed by atoms with Crippen molar-refractivity contribution in [2.75, 3.05) is 6.26 Å². The molecule has 0 atom stereocenters. The number of benzene rings is 3. The SMILES string of the molecule is CS(=O)(=O)c1ccccc1C(=O)NCc1ccccc1OCc1ccccc1. The third-order valence-corrected chi connectivity index (χ3v) is 5.34. The molecule has 0 unspecified atom stereocenters. The molecule has 144 valence electrons. The van der Waals surface area contributed by atoms with E-state index in [0.717, 1.165) is 17.4 Å². The van der Waals surface area contributed by atoms with Gasteiger partial charge in [0.15, 0.2) is 9.84 Å². The van der Waals surface area contributed by atoms with Gasteiger partial charge >= 0.3 is 0 Å². The fraction of sp³-hybridized carbons (Fsp3) is 0.136. The average Bonchev–Trinajstić information content (AvgIpc) is 2.71. The van der Waals surface area contributed by atoms with Gasteiger partial charge in [0.05, 0.1) is 10.5 Å². The summed E-state index contributed by atoms with van der Waals surface area (Å²) in [5, 5.41) is 2.78. The summed E-state index contributed by atoms with van der Waals surface area (Å²) in [6.45, 7) is 0.643. The summed E-state index contributed by atoms with van der Waals surface area (Å²) in [5.74, 6) is 0.224. The molecule has 0 saturated heterocycles. The minimum absolute atomic E-state index is 0.0149. The number of rotatable bonds is 7. The number of ether oxygens (including phenoxy) is 1. The van der Waals surface area contributed by atoms with Crippen LogP contribution >= 0.6 is 0 Å². The molecule has 0 aliphatic carbocycles. The van der Waals surface area contributed by atoms with E-state index in [1.807, 2.05) is 54.6 Å².